The molecule has 0 heterocycles. The Labute approximate surface area is 177 Å². The molecule has 2 atom stereocenters. The Kier molecular flexibility index (Phi) is 10.4. The van der Waals surface area contributed by atoms with Crippen LogP contribution in [0.4, 0.5) is 0 Å². The molecule has 1 aromatic carbocycles. The van der Waals surface area contributed by atoms with Gasteiger partial charge in [-0.15, -0.1) is 12.8 Å². The van der Waals surface area contributed by atoms with Crippen molar-refractivity contribution in [2.75, 3.05) is 13.6 Å². The Morgan fingerprint density at radius 1 is 1.24 bits per heavy atom. The van der Waals surface area contributed by atoms with E-state index in [9.17, 15) is 9.90 Å². The summed E-state index contributed by atoms with van der Waals surface area (Å²) in [5, 5.41) is 14.7. The normalized spacial score (nSPS) is 17.6. The zero-order chi connectivity index (χ0) is 21.9. The molecule has 4 heteroatoms. The molecular formula is C25H39NO3. The van der Waals surface area contributed by atoms with Gasteiger partial charge >= 0.3 is 5.97 Å². The number of hydrogen-bond acceptors (Lipinski definition) is 4. The van der Waals surface area contributed by atoms with Crippen LogP contribution in [-0.2, 0) is 15.1 Å². The number of rotatable bonds is 10. The fraction of sp³-hybridized carbons (Fsp3) is 0.640. The molecule has 1 fully saturated rings. The Morgan fingerprint density at radius 3 is 2.34 bits per heavy atom. The number of carbonyl (C=O) groups is 1. The van der Waals surface area contributed by atoms with Gasteiger partial charge in [0.2, 0.25) is 0 Å². The lowest BCUT2D eigenvalue weighted by molar-refractivity contribution is -0.180. The molecule has 0 saturated heterocycles. The van der Waals surface area contributed by atoms with Crippen molar-refractivity contribution in [1.82, 2.24) is 5.32 Å². The molecule has 0 bridgehead atoms. The zero-order valence-electron chi connectivity index (χ0n) is 18.6. The number of carbonyl (C=O) groups excluding carboxylic acids is 1. The summed E-state index contributed by atoms with van der Waals surface area (Å²) >= 11 is 0. The van der Waals surface area contributed by atoms with E-state index in [1.807, 2.05) is 37.4 Å². The highest BCUT2D eigenvalue weighted by Crippen LogP contribution is 2.39. The minimum absolute atomic E-state index is 0.154. The van der Waals surface area contributed by atoms with Crippen LogP contribution in [0.15, 0.2) is 30.3 Å². The van der Waals surface area contributed by atoms with E-state index in [0.717, 1.165) is 25.7 Å². The minimum Gasteiger partial charge on any atom is -0.458 e. The quantitative estimate of drug-likeness (QED) is 0.442. The van der Waals surface area contributed by atoms with Crippen LogP contribution in [0.2, 0.25) is 0 Å². The topological polar surface area (TPSA) is 58.6 Å². The van der Waals surface area contributed by atoms with Crippen LogP contribution in [0.1, 0.15) is 71.3 Å². The van der Waals surface area contributed by atoms with E-state index >= 15 is 0 Å². The fourth-order valence-electron chi connectivity index (χ4n) is 4.36. The molecule has 0 aliphatic heterocycles. The minimum atomic E-state index is -1.58. The predicted molar refractivity (Wildman–Crippen MR) is 119 cm³/mol. The van der Waals surface area contributed by atoms with Crippen molar-refractivity contribution < 1.29 is 14.6 Å². The van der Waals surface area contributed by atoms with Crippen LogP contribution in [0.25, 0.3) is 0 Å². The molecule has 2 N–H and O–H groups in total. The first-order valence-corrected chi connectivity index (χ1v) is 10.8. The molecule has 2 unspecified atom stereocenters. The third kappa shape index (κ3) is 6.87. The maximum absolute atomic E-state index is 13.3. The Hall–Kier alpha value is -1.83. The van der Waals surface area contributed by atoms with Crippen LogP contribution < -0.4 is 5.32 Å². The fourth-order valence-corrected chi connectivity index (χ4v) is 4.36. The monoisotopic (exact) mass is 401 g/mol. The first kappa shape index (κ1) is 25.2. The maximum Gasteiger partial charge on any atom is 0.343 e. The van der Waals surface area contributed by atoms with Gasteiger partial charge in [-0.05, 0) is 31.4 Å². The van der Waals surface area contributed by atoms with Crippen LogP contribution >= 0.6 is 0 Å². The summed E-state index contributed by atoms with van der Waals surface area (Å²) in [6, 6.07) is 9.31. The van der Waals surface area contributed by atoms with Gasteiger partial charge in [0.1, 0.15) is 6.10 Å². The zero-order valence-corrected chi connectivity index (χ0v) is 18.6. The molecule has 1 aliphatic carbocycles. The van der Waals surface area contributed by atoms with Gasteiger partial charge in [-0.1, -0.05) is 83.2 Å². The van der Waals surface area contributed by atoms with Crippen molar-refractivity contribution in [3.63, 3.8) is 0 Å². The van der Waals surface area contributed by atoms with E-state index in [0.29, 0.717) is 24.4 Å². The average Bonchev–Trinajstić information content (AvgIpc) is 3.22. The first-order chi connectivity index (χ1) is 13.8. The van der Waals surface area contributed by atoms with Gasteiger partial charge in [-0.25, -0.2) is 4.79 Å². The summed E-state index contributed by atoms with van der Waals surface area (Å²) < 4.78 is 5.99. The molecule has 1 saturated carbocycles. The third-order valence-corrected chi connectivity index (χ3v) is 6.05. The summed E-state index contributed by atoms with van der Waals surface area (Å²) in [5.74, 6) is -0.140. The van der Waals surface area contributed by atoms with Gasteiger partial charge in [0, 0.05) is 12.0 Å². The first-order valence-electron chi connectivity index (χ1n) is 10.8. The molecule has 0 spiro atoms. The lowest BCUT2D eigenvalue weighted by Gasteiger charge is -2.37. The summed E-state index contributed by atoms with van der Waals surface area (Å²) in [6.07, 6.45) is 14.6. The second-order valence-corrected chi connectivity index (χ2v) is 8.77. The number of esters is 1. The van der Waals surface area contributed by atoms with E-state index in [1.54, 1.807) is 0 Å². The van der Waals surface area contributed by atoms with Gasteiger partial charge in [-0.2, -0.15) is 0 Å². The standard InChI is InChI=1S/C23H37NO3.C2H2/c1-5-15-22(2,3)20(17-24-4)27-21(25)23(26,16-18-11-9-10-12-18)19-13-7-6-8-14-19;1-2/h6-8,13-14,18,20,24,26H,5,9-12,15-17H2,1-4H3;1-2H. The van der Waals surface area contributed by atoms with Crippen LogP contribution in [0.5, 0.6) is 0 Å². The number of ether oxygens (including phenoxy) is 1. The van der Waals surface area contributed by atoms with Gasteiger partial charge in [0.05, 0.1) is 0 Å². The summed E-state index contributed by atoms with van der Waals surface area (Å²) in [6.45, 7) is 6.97. The largest absolute Gasteiger partial charge is 0.458 e. The van der Waals surface area contributed by atoms with Crippen LogP contribution in [0.3, 0.4) is 0 Å². The highest BCUT2D eigenvalue weighted by Gasteiger charge is 2.44. The number of nitrogens with one attached hydrogen (secondary N) is 1. The number of likely N-dealkylation sites (N-methyl/N-ethyl adjacent to an activating group) is 1. The molecule has 4 nitrogen and oxygen atoms in total. The number of aliphatic hydroxyl groups is 1. The van der Waals surface area contributed by atoms with Gasteiger partial charge in [0.15, 0.2) is 5.60 Å². The van der Waals surface area contributed by atoms with Crippen molar-refractivity contribution in [3.05, 3.63) is 35.9 Å². The Morgan fingerprint density at radius 2 is 1.83 bits per heavy atom. The van der Waals surface area contributed by atoms with Crippen molar-refractivity contribution in [1.29, 1.82) is 0 Å². The highest BCUT2D eigenvalue weighted by atomic mass is 16.6. The summed E-state index contributed by atoms with van der Waals surface area (Å²) in [7, 11) is 1.87. The molecule has 0 amide bonds. The van der Waals surface area contributed by atoms with Gasteiger partial charge in [-0.3, -0.25) is 0 Å². The summed E-state index contributed by atoms with van der Waals surface area (Å²) in [4.78, 5) is 13.3. The molecule has 162 valence electrons. The predicted octanol–water partition coefficient (Wildman–Crippen LogP) is 4.66. The molecule has 0 radical (unpaired) electrons. The SMILES string of the molecule is C#C.CCCC(C)(C)C(CNC)OC(=O)C(O)(CC1CCCC1)c1ccccc1. The molecule has 1 aromatic rings. The molecule has 29 heavy (non-hydrogen) atoms. The summed E-state index contributed by atoms with van der Waals surface area (Å²) in [5.41, 5.74) is -1.10. The van der Waals surface area contributed by atoms with E-state index in [-0.39, 0.29) is 11.5 Å². The van der Waals surface area contributed by atoms with Crippen molar-refractivity contribution >= 4 is 5.97 Å². The maximum atomic E-state index is 13.3. The average molecular weight is 402 g/mol. The smallest absolute Gasteiger partial charge is 0.343 e. The van der Waals surface area contributed by atoms with Crippen molar-refractivity contribution in [2.24, 2.45) is 11.3 Å². The number of terminal acetylenes is 1. The second kappa shape index (κ2) is 12.0. The van der Waals surface area contributed by atoms with Gasteiger partial charge < -0.3 is 15.2 Å². The lowest BCUT2D eigenvalue weighted by atomic mass is 9.81. The Balaban J connectivity index is 0.00000204. The molecule has 2 rings (SSSR count). The second-order valence-electron chi connectivity index (χ2n) is 8.77. The molecular weight excluding hydrogens is 362 g/mol. The highest BCUT2D eigenvalue weighted by molar-refractivity contribution is 5.81. The van der Waals surface area contributed by atoms with E-state index in [1.165, 1.54) is 12.8 Å². The number of hydrogen-bond donors (Lipinski definition) is 2. The molecule has 1 aliphatic rings. The Bertz CT molecular complexity index is 619. The van der Waals surface area contributed by atoms with Gasteiger partial charge in [0.25, 0.3) is 0 Å². The van der Waals surface area contributed by atoms with E-state index in [4.69, 9.17) is 4.74 Å². The van der Waals surface area contributed by atoms with Crippen LogP contribution in [-0.4, -0.2) is 30.8 Å². The van der Waals surface area contributed by atoms with E-state index in [2.05, 4.69) is 38.9 Å². The van der Waals surface area contributed by atoms with E-state index < -0.39 is 11.6 Å². The molecule has 0 aromatic heterocycles. The van der Waals surface area contributed by atoms with Crippen molar-refractivity contribution in [3.8, 4) is 12.8 Å². The number of benzene rings is 1. The lowest BCUT2D eigenvalue weighted by Crippen LogP contribution is -2.47. The van der Waals surface area contributed by atoms with Crippen LogP contribution in [0, 0.1) is 24.2 Å². The van der Waals surface area contributed by atoms with Crippen molar-refractivity contribution in [2.45, 2.75) is 77.4 Å². The third-order valence-electron chi connectivity index (χ3n) is 6.05.